The molecule has 1 unspecified atom stereocenters. The summed E-state index contributed by atoms with van der Waals surface area (Å²) >= 11 is 2.04. The zero-order chi connectivity index (χ0) is 10.3. The van der Waals surface area contributed by atoms with E-state index < -0.39 is 0 Å². The molecule has 78 valence electrons. The molecule has 0 saturated carbocycles. The first kappa shape index (κ1) is 9.28. The largest absolute Gasteiger partial charge is 0.304 e. The molecule has 3 heteroatoms. The monoisotopic (exact) mass is 218 g/mol. The van der Waals surface area contributed by atoms with Gasteiger partial charge in [-0.1, -0.05) is 6.07 Å². The molecule has 0 spiro atoms. The predicted molar refractivity (Wildman–Crippen MR) is 64.4 cm³/mol. The van der Waals surface area contributed by atoms with Crippen LogP contribution in [-0.4, -0.2) is 15.1 Å². The molecule has 0 amide bonds. The van der Waals surface area contributed by atoms with Crippen molar-refractivity contribution < 1.29 is 0 Å². The van der Waals surface area contributed by atoms with Crippen LogP contribution in [0.15, 0.2) is 24.4 Å². The average molecular weight is 218 g/mol. The van der Waals surface area contributed by atoms with Gasteiger partial charge >= 0.3 is 0 Å². The average Bonchev–Trinajstić information content (AvgIpc) is 2.86. The summed E-state index contributed by atoms with van der Waals surface area (Å²) < 4.78 is 2.19. The summed E-state index contributed by atoms with van der Waals surface area (Å²) in [7, 11) is 0. The number of imidazole rings is 1. The lowest BCUT2D eigenvalue weighted by molar-refractivity contribution is 0.812. The standard InChI is InChI=1S/C12H14N2S/c1-9-4-2-6-12-13-10(8-14(9)12)11-5-3-7-15-11/h2,4,6,8,11H,3,5,7H2,1H3. The van der Waals surface area contributed by atoms with Crippen molar-refractivity contribution >= 4 is 17.4 Å². The highest BCUT2D eigenvalue weighted by atomic mass is 32.2. The van der Waals surface area contributed by atoms with Gasteiger partial charge in [0.1, 0.15) is 5.65 Å². The Kier molecular flexibility index (Phi) is 2.20. The minimum atomic E-state index is 0.629. The van der Waals surface area contributed by atoms with Crippen molar-refractivity contribution in [3.63, 3.8) is 0 Å². The molecule has 1 aliphatic heterocycles. The number of rotatable bonds is 1. The number of fused-ring (bicyclic) bond motifs is 1. The van der Waals surface area contributed by atoms with Gasteiger partial charge in [0.2, 0.25) is 0 Å². The van der Waals surface area contributed by atoms with Crippen LogP contribution in [0.3, 0.4) is 0 Å². The SMILES string of the molecule is Cc1cccc2nc(C3CCCS3)cn12. The maximum Gasteiger partial charge on any atom is 0.137 e. The van der Waals surface area contributed by atoms with Gasteiger partial charge in [-0.2, -0.15) is 11.8 Å². The molecule has 1 aliphatic rings. The second kappa shape index (κ2) is 3.56. The molecule has 0 bridgehead atoms. The van der Waals surface area contributed by atoms with Crippen LogP contribution in [-0.2, 0) is 0 Å². The fourth-order valence-corrected chi connectivity index (χ4v) is 3.37. The summed E-state index contributed by atoms with van der Waals surface area (Å²) in [6.45, 7) is 2.13. The van der Waals surface area contributed by atoms with Gasteiger partial charge < -0.3 is 4.40 Å². The van der Waals surface area contributed by atoms with Crippen LogP contribution in [0, 0.1) is 6.92 Å². The van der Waals surface area contributed by atoms with Gasteiger partial charge in [-0.15, -0.1) is 0 Å². The first-order chi connectivity index (χ1) is 7.34. The number of nitrogens with zero attached hydrogens (tertiary/aromatic N) is 2. The van der Waals surface area contributed by atoms with Crippen molar-refractivity contribution in [1.82, 2.24) is 9.38 Å². The quantitative estimate of drug-likeness (QED) is 0.731. The first-order valence-corrected chi connectivity index (χ1v) is 6.46. The minimum absolute atomic E-state index is 0.629. The molecule has 0 N–H and O–H groups in total. The van der Waals surface area contributed by atoms with Crippen LogP contribution in [0.1, 0.15) is 29.5 Å². The van der Waals surface area contributed by atoms with Gasteiger partial charge in [-0.3, -0.25) is 0 Å². The van der Waals surface area contributed by atoms with E-state index in [4.69, 9.17) is 4.98 Å². The van der Waals surface area contributed by atoms with Crippen molar-refractivity contribution in [3.8, 4) is 0 Å². The summed E-state index contributed by atoms with van der Waals surface area (Å²) in [5.74, 6) is 1.29. The van der Waals surface area contributed by atoms with E-state index in [1.54, 1.807) is 0 Å². The van der Waals surface area contributed by atoms with E-state index in [2.05, 4.69) is 35.7 Å². The lowest BCUT2D eigenvalue weighted by Crippen LogP contribution is -1.88. The second-order valence-electron chi connectivity index (χ2n) is 4.06. The first-order valence-electron chi connectivity index (χ1n) is 5.41. The van der Waals surface area contributed by atoms with Crippen LogP contribution >= 0.6 is 11.8 Å². The smallest absolute Gasteiger partial charge is 0.137 e. The molecule has 2 aromatic heterocycles. The second-order valence-corrected chi connectivity index (χ2v) is 5.37. The molecule has 0 aliphatic carbocycles. The number of aryl methyl sites for hydroxylation is 1. The van der Waals surface area contributed by atoms with Crippen LogP contribution in [0.5, 0.6) is 0 Å². The Hall–Kier alpha value is -0.960. The van der Waals surface area contributed by atoms with E-state index in [-0.39, 0.29) is 0 Å². The molecule has 2 nitrogen and oxygen atoms in total. The molecule has 2 aromatic rings. The zero-order valence-electron chi connectivity index (χ0n) is 8.81. The normalized spacial score (nSPS) is 21.3. The Bertz CT molecular complexity index is 483. The molecule has 0 radical (unpaired) electrons. The number of hydrogen-bond acceptors (Lipinski definition) is 2. The minimum Gasteiger partial charge on any atom is -0.304 e. The third-order valence-electron chi connectivity index (χ3n) is 2.97. The lowest BCUT2D eigenvalue weighted by atomic mass is 10.2. The summed E-state index contributed by atoms with van der Waals surface area (Å²) in [6, 6.07) is 6.28. The van der Waals surface area contributed by atoms with Gasteiger partial charge in [0.15, 0.2) is 0 Å². The number of hydrogen-bond donors (Lipinski definition) is 0. The van der Waals surface area contributed by atoms with Crippen molar-refractivity contribution in [2.75, 3.05) is 5.75 Å². The van der Waals surface area contributed by atoms with Gasteiger partial charge in [-0.05, 0) is 37.7 Å². The summed E-state index contributed by atoms with van der Waals surface area (Å²) in [5.41, 5.74) is 3.60. The van der Waals surface area contributed by atoms with Crippen LogP contribution in [0.4, 0.5) is 0 Å². The Balaban J connectivity index is 2.09. The highest BCUT2D eigenvalue weighted by Gasteiger charge is 2.20. The fourth-order valence-electron chi connectivity index (χ4n) is 2.13. The number of thioether (sulfide) groups is 1. The van der Waals surface area contributed by atoms with Crippen molar-refractivity contribution in [1.29, 1.82) is 0 Å². The maximum atomic E-state index is 4.70. The number of aromatic nitrogens is 2. The third-order valence-corrected chi connectivity index (χ3v) is 4.38. The van der Waals surface area contributed by atoms with Gasteiger partial charge in [-0.25, -0.2) is 4.98 Å². The summed E-state index contributed by atoms with van der Waals surface area (Å²) in [4.78, 5) is 4.70. The molecule has 1 fully saturated rings. The Morgan fingerprint density at radius 2 is 2.40 bits per heavy atom. The van der Waals surface area contributed by atoms with Crippen LogP contribution < -0.4 is 0 Å². The molecular weight excluding hydrogens is 204 g/mol. The lowest BCUT2D eigenvalue weighted by Gasteiger charge is -2.01. The van der Waals surface area contributed by atoms with Crippen molar-refractivity contribution in [2.24, 2.45) is 0 Å². The van der Waals surface area contributed by atoms with Crippen LogP contribution in [0.25, 0.3) is 5.65 Å². The van der Waals surface area contributed by atoms with E-state index >= 15 is 0 Å². The van der Waals surface area contributed by atoms with Gasteiger partial charge in [0.05, 0.1) is 5.69 Å². The summed E-state index contributed by atoms with van der Waals surface area (Å²) in [5, 5.41) is 0.629. The number of pyridine rings is 1. The third kappa shape index (κ3) is 1.55. The highest BCUT2D eigenvalue weighted by Crippen LogP contribution is 2.39. The van der Waals surface area contributed by atoms with Gasteiger partial charge in [0.25, 0.3) is 0 Å². The molecule has 3 heterocycles. The summed E-state index contributed by atoms with van der Waals surface area (Å²) in [6.07, 6.45) is 4.82. The molecule has 3 rings (SSSR count). The predicted octanol–water partition coefficient (Wildman–Crippen LogP) is 3.21. The molecule has 0 aromatic carbocycles. The Labute approximate surface area is 93.7 Å². The molecule has 15 heavy (non-hydrogen) atoms. The van der Waals surface area contributed by atoms with E-state index in [1.165, 1.54) is 30.0 Å². The molecule has 1 saturated heterocycles. The highest BCUT2D eigenvalue weighted by molar-refractivity contribution is 7.99. The zero-order valence-corrected chi connectivity index (χ0v) is 9.63. The van der Waals surface area contributed by atoms with E-state index in [1.807, 2.05) is 11.8 Å². The fraction of sp³-hybridized carbons (Fsp3) is 0.417. The van der Waals surface area contributed by atoms with Crippen molar-refractivity contribution in [2.45, 2.75) is 25.0 Å². The van der Waals surface area contributed by atoms with Gasteiger partial charge in [0, 0.05) is 17.1 Å². The topological polar surface area (TPSA) is 17.3 Å². The Morgan fingerprint density at radius 3 is 3.13 bits per heavy atom. The van der Waals surface area contributed by atoms with E-state index in [0.717, 1.165) is 5.65 Å². The van der Waals surface area contributed by atoms with E-state index in [0.29, 0.717) is 5.25 Å². The van der Waals surface area contributed by atoms with E-state index in [9.17, 15) is 0 Å². The van der Waals surface area contributed by atoms with Crippen LogP contribution in [0.2, 0.25) is 0 Å². The maximum absolute atomic E-state index is 4.70. The van der Waals surface area contributed by atoms with Crippen molar-refractivity contribution in [3.05, 3.63) is 35.8 Å². The molecule has 1 atom stereocenters. The molecular formula is C12H14N2S. The Morgan fingerprint density at radius 1 is 1.47 bits per heavy atom.